The minimum atomic E-state index is -0.246. The highest BCUT2D eigenvalue weighted by Crippen LogP contribution is 2.41. The van der Waals surface area contributed by atoms with Crippen molar-refractivity contribution in [3.63, 3.8) is 0 Å². The number of fused-ring (bicyclic) bond motifs is 1. The summed E-state index contributed by atoms with van der Waals surface area (Å²) in [7, 11) is 3.91. The number of nitrogens with zero attached hydrogens (tertiary/aromatic N) is 4. The molecule has 2 unspecified atom stereocenters. The van der Waals surface area contributed by atoms with Crippen LogP contribution in [0.3, 0.4) is 0 Å². The third-order valence-electron chi connectivity index (χ3n) is 5.77. The highest BCUT2D eigenvalue weighted by Gasteiger charge is 2.46. The first-order valence-corrected chi connectivity index (χ1v) is 10.4. The molecule has 1 amide bonds. The highest BCUT2D eigenvalue weighted by molar-refractivity contribution is 6.06. The first-order valence-electron chi connectivity index (χ1n) is 10.4. The van der Waals surface area contributed by atoms with E-state index in [4.69, 9.17) is 4.99 Å². The monoisotopic (exact) mass is 382 g/mol. The van der Waals surface area contributed by atoms with Gasteiger partial charge in [0.1, 0.15) is 12.1 Å². The van der Waals surface area contributed by atoms with Gasteiger partial charge in [0.15, 0.2) is 0 Å². The van der Waals surface area contributed by atoms with Crippen LogP contribution in [0.25, 0.3) is 5.57 Å². The molecule has 1 aromatic carbocycles. The lowest BCUT2D eigenvalue weighted by Crippen LogP contribution is -2.54. The summed E-state index contributed by atoms with van der Waals surface area (Å²) < 4.78 is 0. The Morgan fingerprint density at radius 1 is 1.04 bits per heavy atom. The number of aliphatic imine (C=N–C) groups is 1. The van der Waals surface area contributed by atoms with Crippen molar-refractivity contribution in [3.05, 3.63) is 40.6 Å². The van der Waals surface area contributed by atoms with Crippen molar-refractivity contribution >= 4 is 17.4 Å². The van der Waals surface area contributed by atoms with Crippen molar-refractivity contribution in [2.75, 3.05) is 27.2 Å². The fraction of sp³-hybridized carbons (Fsp3) is 0.565. The van der Waals surface area contributed by atoms with E-state index in [-0.39, 0.29) is 18.0 Å². The lowest BCUT2D eigenvalue weighted by molar-refractivity contribution is -0.131. The molecule has 152 valence electrons. The van der Waals surface area contributed by atoms with Gasteiger partial charge in [-0.2, -0.15) is 0 Å². The molecule has 0 aromatic heterocycles. The fourth-order valence-electron chi connectivity index (χ4n) is 4.71. The van der Waals surface area contributed by atoms with Crippen LogP contribution in [0.4, 0.5) is 0 Å². The van der Waals surface area contributed by atoms with Gasteiger partial charge in [-0.3, -0.25) is 9.69 Å². The quantitative estimate of drug-likeness (QED) is 0.778. The van der Waals surface area contributed by atoms with Gasteiger partial charge in [0.25, 0.3) is 0 Å². The molecule has 0 bridgehead atoms. The van der Waals surface area contributed by atoms with E-state index < -0.39 is 0 Å². The van der Waals surface area contributed by atoms with Crippen LogP contribution in [0.15, 0.2) is 23.3 Å². The van der Waals surface area contributed by atoms with Gasteiger partial charge in [-0.05, 0) is 55.9 Å². The molecular formula is C23H34N4O. The van der Waals surface area contributed by atoms with Gasteiger partial charge in [0.2, 0.25) is 11.9 Å². The molecule has 0 fully saturated rings. The van der Waals surface area contributed by atoms with E-state index >= 15 is 0 Å². The molecule has 0 N–H and O–H groups in total. The molecule has 5 nitrogen and oxygen atoms in total. The van der Waals surface area contributed by atoms with E-state index in [1.807, 2.05) is 14.1 Å². The molecular weight excluding hydrogens is 348 g/mol. The maximum Gasteiger partial charge on any atom is 0.240 e. The highest BCUT2D eigenvalue weighted by atomic mass is 16.2. The number of carbonyl (C=O) groups excluding carboxylic acids is 1. The summed E-state index contributed by atoms with van der Waals surface area (Å²) in [6.07, 6.45) is 4.04. The summed E-state index contributed by atoms with van der Waals surface area (Å²) in [5.74, 6) is 0.708. The minimum Gasteiger partial charge on any atom is -0.358 e. The molecule has 0 radical (unpaired) electrons. The Labute approximate surface area is 169 Å². The van der Waals surface area contributed by atoms with E-state index in [9.17, 15) is 4.79 Å². The second-order valence-corrected chi connectivity index (χ2v) is 8.23. The lowest BCUT2D eigenvalue weighted by Gasteiger charge is -2.39. The number of hydrogen-bond acceptors (Lipinski definition) is 4. The predicted octanol–water partition coefficient (Wildman–Crippen LogP) is 3.79. The maximum absolute atomic E-state index is 13.5. The van der Waals surface area contributed by atoms with E-state index in [0.29, 0.717) is 0 Å². The standard InChI is InChI=1S/C23H34N4O/c1-8-10-27(11-9-2)23-24-21-20(22(28)26(23)7)18(14-25(21)6)19-16(4)12-15(3)13-17(19)5/h12-14,20-21H,8-11H2,1-7H3. The Kier molecular flexibility index (Phi) is 5.82. The number of aryl methyl sites for hydroxylation is 3. The number of guanidine groups is 1. The van der Waals surface area contributed by atoms with Crippen LogP contribution < -0.4 is 0 Å². The van der Waals surface area contributed by atoms with E-state index in [0.717, 1.165) is 37.5 Å². The molecule has 0 saturated carbocycles. The van der Waals surface area contributed by atoms with Crippen LogP contribution in [0.1, 0.15) is 48.9 Å². The molecule has 28 heavy (non-hydrogen) atoms. The maximum atomic E-state index is 13.5. The molecule has 0 spiro atoms. The molecule has 3 rings (SSSR count). The van der Waals surface area contributed by atoms with Crippen LogP contribution in [0.2, 0.25) is 0 Å². The normalized spacial score (nSPS) is 21.6. The number of rotatable bonds is 5. The lowest BCUT2D eigenvalue weighted by atomic mass is 9.85. The number of hydrogen-bond donors (Lipinski definition) is 0. The second-order valence-electron chi connectivity index (χ2n) is 8.23. The molecule has 2 aliphatic heterocycles. The second kappa shape index (κ2) is 7.98. The number of benzene rings is 1. The molecule has 0 aliphatic carbocycles. The zero-order valence-corrected chi connectivity index (χ0v) is 18.4. The van der Waals surface area contributed by atoms with Crippen LogP contribution in [-0.2, 0) is 4.79 Å². The van der Waals surface area contributed by atoms with Crippen molar-refractivity contribution in [2.45, 2.75) is 53.6 Å². The molecule has 5 heteroatoms. The van der Waals surface area contributed by atoms with Gasteiger partial charge < -0.3 is 9.80 Å². The molecule has 0 saturated heterocycles. The topological polar surface area (TPSA) is 39.2 Å². The first-order chi connectivity index (χ1) is 13.3. The average Bonchev–Trinajstić information content (AvgIpc) is 2.93. The summed E-state index contributed by atoms with van der Waals surface area (Å²) >= 11 is 0. The minimum absolute atomic E-state index is 0.141. The molecule has 2 heterocycles. The smallest absolute Gasteiger partial charge is 0.240 e. The van der Waals surface area contributed by atoms with Crippen LogP contribution in [-0.4, -0.2) is 59.9 Å². The van der Waals surface area contributed by atoms with Gasteiger partial charge in [0, 0.05) is 33.4 Å². The molecule has 2 aliphatic rings. The number of carbonyl (C=O) groups is 1. The molecule has 1 aromatic rings. The predicted molar refractivity (Wildman–Crippen MR) is 116 cm³/mol. The third-order valence-corrected chi connectivity index (χ3v) is 5.77. The third kappa shape index (κ3) is 3.43. The van der Waals surface area contributed by atoms with Gasteiger partial charge >= 0.3 is 0 Å². The Hall–Kier alpha value is -2.30. The van der Waals surface area contributed by atoms with E-state index in [1.165, 1.54) is 22.3 Å². The Bertz CT molecular complexity index is 797. The van der Waals surface area contributed by atoms with Crippen molar-refractivity contribution in [3.8, 4) is 0 Å². The van der Waals surface area contributed by atoms with Gasteiger partial charge in [0.05, 0.1) is 0 Å². The van der Waals surface area contributed by atoms with E-state index in [2.05, 4.69) is 62.8 Å². The van der Waals surface area contributed by atoms with Gasteiger partial charge in [-0.25, -0.2) is 4.99 Å². The SMILES string of the molecule is CCCN(CCC)C1=NC2C(C(=O)N1C)C(c1c(C)cc(C)cc1C)=CN2C. The Balaban J connectivity index is 2.03. The Morgan fingerprint density at radius 3 is 2.14 bits per heavy atom. The average molecular weight is 383 g/mol. The van der Waals surface area contributed by atoms with Crippen molar-refractivity contribution < 1.29 is 4.79 Å². The van der Waals surface area contributed by atoms with Crippen LogP contribution in [0.5, 0.6) is 0 Å². The van der Waals surface area contributed by atoms with Crippen LogP contribution >= 0.6 is 0 Å². The van der Waals surface area contributed by atoms with Crippen molar-refractivity contribution in [1.29, 1.82) is 0 Å². The number of amides is 1. The fourth-order valence-corrected chi connectivity index (χ4v) is 4.71. The van der Waals surface area contributed by atoms with Gasteiger partial charge in [-0.15, -0.1) is 0 Å². The summed E-state index contributed by atoms with van der Waals surface area (Å²) in [5.41, 5.74) is 6.00. The molecule has 2 atom stereocenters. The van der Waals surface area contributed by atoms with Crippen LogP contribution in [0, 0.1) is 26.7 Å². The summed E-state index contributed by atoms with van der Waals surface area (Å²) in [6.45, 7) is 12.6. The zero-order chi connectivity index (χ0) is 20.6. The first kappa shape index (κ1) is 20.4. The van der Waals surface area contributed by atoms with E-state index in [1.54, 1.807) is 4.90 Å². The zero-order valence-electron chi connectivity index (χ0n) is 18.4. The summed E-state index contributed by atoms with van der Waals surface area (Å²) in [5, 5.41) is 0. The Morgan fingerprint density at radius 2 is 1.61 bits per heavy atom. The largest absolute Gasteiger partial charge is 0.358 e. The van der Waals surface area contributed by atoms with Crippen molar-refractivity contribution in [2.24, 2.45) is 10.9 Å². The van der Waals surface area contributed by atoms with Crippen molar-refractivity contribution in [1.82, 2.24) is 14.7 Å². The summed E-state index contributed by atoms with van der Waals surface area (Å²) in [6, 6.07) is 4.40. The summed E-state index contributed by atoms with van der Waals surface area (Å²) in [4.78, 5) is 24.7. The van der Waals surface area contributed by atoms with Gasteiger partial charge in [-0.1, -0.05) is 31.5 Å².